The molecule has 8 heavy (non-hydrogen) atoms. The summed E-state index contributed by atoms with van der Waals surface area (Å²) in [6.07, 6.45) is 0. The normalized spacial score (nSPS) is 6.75. The molecule has 0 unspecified atom stereocenters. The summed E-state index contributed by atoms with van der Waals surface area (Å²) in [5.74, 6) is 0. The van der Waals surface area contributed by atoms with Gasteiger partial charge in [0.1, 0.15) is 0 Å². The van der Waals surface area contributed by atoms with Crippen LogP contribution >= 0.6 is 0 Å². The molecule has 0 saturated carbocycles. The minimum absolute atomic E-state index is 1.07. The van der Waals surface area contributed by atoms with Gasteiger partial charge in [-0.1, -0.05) is 6.92 Å². The van der Waals surface area contributed by atoms with Gasteiger partial charge in [0, 0.05) is 0 Å². The number of hydrogen-bond donors (Lipinski definition) is 2. The standard InChI is InChI=1S/C3H9N.HNO2S/c1-3-4-2;1-4(2)3/h4H,3H2,1-2H3;1H. The van der Waals surface area contributed by atoms with Gasteiger partial charge in [0.15, 0.2) is 0 Å². The molecule has 0 aliphatic rings. The molecule has 50 valence electrons. The molecule has 0 bridgehead atoms. The van der Waals surface area contributed by atoms with Gasteiger partial charge in [-0.2, -0.15) is 13.2 Å². The maximum Gasteiger partial charge on any atom is 0.308 e. The van der Waals surface area contributed by atoms with E-state index in [-0.39, 0.29) is 0 Å². The average Bonchev–Trinajstić information content (AvgIpc) is 1.65. The van der Waals surface area contributed by atoms with E-state index in [1.165, 1.54) is 0 Å². The zero-order chi connectivity index (χ0) is 6.99. The minimum atomic E-state index is -2.61. The van der Waals surface area contributed by atoms with Crippen LogP contribution in [0.4, 0.5) is 0 Å². The van der Waals surface area contributed by atoms with Gasteiger partial charge in [-0.25, -0.2) is 0 Å². The first-order chi connectivity index (χ1) is 3.65. The summed E-state index contributed by atoms with van der Waals surface area (Å²) >= 11 is 0. The highest BCUT2D eigenvalue weighted by Crippen LogP contribution is 1.34. The number of rotatable bonds is 1. The van der Waals surface area contributed by atoms with Crippen LogP contribution < -0.4 is 5.32 Å². The molecule has 0 aliphatic heterocycles. The van der Waals surface area contributed by atoms with Crippen LogP contribution in [0.3, 0.4) is 0 Å². The van der Waals surface area contributed by atoms with Crippen molar-refractivity contribution in [3.8, 4) is 0 Å². The van der Waals surface area contributed by atoms with Gasteiger partial charge in [0.25, 0.3) is 0 Å². The lowest BCUT2D eigenvalue weighted by molar-refractivity contribution is 0.620. The van der Waals surface area contributed by atoms with Crippen LogP contribution in [0.25, 0.3) is 0 Å². The van der Waals surface area contributed by atoms with E-state index in [2.05, 4.69) is 12.2 Å². The first-order valence-electron chi connectivity index (χ1n) is 2.10. The molecule has 0 heterocycles. The van der Waals surface area contributed by atoms with Gasteiger partial charge in [-0.15, -0.1) is 0 Å². The van der Waals surface area contributed by atoms with Crippen molar-refractivity contribution in [1.29, 1.82) is 4.78 Å². The van der Waals surface area contributed by atoms with E-state index in [1.807, 2.05) is 7.05 Å². The second-order valence-corrected chi connectivity index (χ2v) is 1.41. The Kier molecular flexibility index (Phi) is 12.9. The molecule has 0 saturated heterocycles. The third-order valence-electron chi connectivity index (χ3n) is 0.354. The Labute approximate surface area is 50.4 Å². The van der Waals surface area contributed by atoms with Gasteiger partial charge in [0.05, 0.1) is 0 Å². The average molecular weight is 138 g/mol. The maximum absolute atomic E-state index is 8.67. The van der Waals surface area contributed by atoms with Crippen molar-refractivity contribution in [2.24, 2.45) is 0 Å². The van der Waals surface area contributed by atoms with Gasteiger partial charge in [-0.3, -0.25) is 0 Å². The monoisotopic (exact) mass is 138 g/mol. The molecule has 0 spiro atoms. The summed E-state index contributed by atoms with van der Waals surface area (Å²) in [6.45, 7) is 3.14. The number of nitrogens with one attached hydrogen (secondary N) is 2. The first-order valence-corrected chi connectivity index (χ1v) is 3.17. The predicted molar refractivity (Wildman–Crippen MR) is 31.2 cm³/mol. The molecule has 0 atom stereocenters. The van der Waals surface area contributed by atoms with E-state index in [1.54, 1.807) is 0 Å². The van der Waals surface area contributed by atoms with Crippen molar-refractivity contribution in [2.75, 3.05) is 13.6 Å². The van der Waals surface area contributed by atoms with Crippen LogP contribution in [0.1, 0.15) is 6.92 Å². The van der Waals surface area contributed by atoms with Crippen LogP contribution in [-0.4, -0.2) is 22.0 Å². The van der Waals surface area contributed by atoms with Crippen molar-refractivity contribution in [3.63, 3.8) is 0 Å². The Morgan fingerprint density at radius 3 is 1.75 bits per heavy atom. The molecule has 0 rings (SSSR count). The van der Waals surface area contributed by atoms with E-state index in [0.29, 0.717) is 0 Å². The zero-order valence-corrected chi connectivity index (χ0v) is 5.75. The van der Waals surface area contributed by atoms with Gasteiger partial charge in [0.2, 0.25) is 0 Å². The van der Waals surface area contributed by atoms with Crippen LogP contribution in [0.2, 0.25) is 0 Å². The second kappa shape index (κ2) is 9.77. The van der Waals surface area contributed by atoms with Gasteiger partial charge >= 0.3 is 10.5 Å². The quantitative estimate of drug-likeness (QED) is 0.529. The summed E-state index contributed by atoms with van der Waals surface area (Å²) in [5.41, 5.74) is 0. The van der Waals surface area contributed by atoms with Crippen molar-refractivity contribution in [2.45, 2.75) is 6.92 Å². The highest BCUT2D eigenvalue weighted by molar-refractivity contribution is 7.60. The smallest absolute Gasteiger partial charge is 0.308 e. The van der Waals surface area contributed by atoms with Crippen molar-refractivity contribution in [3.05, 3.63) is 0 Å². The fourth-order valence-electron chi connectivity index (χ4n) is 0. The summed E-state index contributed by atoms with van der Waals surface area (Å²) in [6, 6.07) is 0. The summed E-state index contributed by atoms with van der Waals surface area (Å²) in [4.78, 5) is 0. The van der Waals surface area contributed by atoms with Gasteiger partial charge in [-0.05, 0) is 13.6 Å². The van der Waals surface area contributed by atoms with Crippen molar-refractivity contribution >= 4 is 10.5 Å². The molecule has 0 aliphatic carbocycles. The van der Waals surface area contributed by atoms with E-state index < -0.39 is 10.5 Å². The molecule has 2 N–H and O–H groups in total. The zero-order valence-electron chi connectivity index (χ0n) is 4.93. The van der Waals surface area contributed by atoms with E-state index >= 15 is 0 Å². The Morgan fingerprint density at radius 2 is 1.75 bits per heavy atom. The Morgan fingerprint density at radius 1 is 1.62 bits per heavy atom. The highest BCUT2D eigenvalue weighted by Gasteiger charge is 1.50. The van der Waals surface area contributed by atoms with Crippen LogP contribution in [-0.2, 0) is 10.5 Å². The van der Waals surface area contributed by atoms with Crippen LogP contribution in [0.5, 0.6) is 0 Å². The fourth-order valence-corrected chi connectivity index (χ4v) is 0. The molecule has 4 nitrogen and oxygen atoms in total. The molecule has 5 heteroatoms. The van der Waals surface area contributed by atoms with E-state index in [9.17, 15) is 0 Å². The van der Waals surface area contributed by atoms with Crippen molar-refractivity contribution in [1.82, 2.24) is 5.32 Å². The van der Waals surface area contributed by atoms with Crippen molar-refractivity contribution < 1.29 is 8.42 Å². The molecule has 0 fully saturated rings. The molecule has 0 aromatic carbocycles. The molecular weight excluding hydrogens is 128 g/mol. The predicted octanol–water partition coefficient (Wildman–Crippen LogP) is -0.146. The Hall–Kier alpha value is -0.420. The topological polar surface area (TPSA) is 70.0 Å². The summed E-state index contributed by atoms with van der Waals surface area (Å²) in [5, 5.41) is 2.93. The minimum Gasteiger partial charge on any atom is -0.320 e. The van der Waals surface area contributed by atoms with Crippen LogP contribution in [0, 0.1) is 4.78 Å². The Bertz CT molecular complexity index is 104. The van der Waals surface area contributed by atoms with E-state index in [4.69, 9.17) is 13.2 Å². The third kappa shape index (κ3) is 348. The lowest BCUT2D eigenvalue weighted by Gasteiger charge is -1.76. The summed E-state index contributed by atoms with van der Waals surface area (Å²) < 4.78 is 22.8. The lowest BCUT2D eigenvalue weighted by atomic mass is 10.8. The largest absolute Gasteiger partial charge is 0.320 e. The SMILES string of the molecule is CCNC.N=S(=O)=O. The maximum atomic E-state index is 8.67. The molecule has 0 aromatic heterocycles. The number of hydrogen-bond acceptors (Lipinski definition) is 4. The molecule has 0 amide bonds. The Balaban J connectivity index is 0. The lowest BCUT2D eigenvalue weighted by Crippen LogP contribution is -2.01. The highest BCUT2D eigenvalue weighted by atomic mass is 32.2. The first kappa shape index (κ1) is 10.5. The molecular formula is C3H10N2O2S. The molecule has 0 aromatic rings. The fraction of sp³-hybridized carbons (Fsp3) is 1.00. The van der Waals surface area contributed by atoms with Crippen LogP contribution in [0.15, 0.2) is 0 Å². The molecule has 0 radical (unpaired) electrons. The summed E-state index contributed by atoms with van der Waals surface area (Å²) in [7, 11) is -0.681. The van der Waals surface area contributed by atoms with Gasteiger partial charge < -0.3 is 5.32 Å². The second-order valence-electron chi connectivity index (χ2n) is 0.942. The van der Waals surface area contributed by atoms with E-state index in [0.717, 1.165) is 6.54 Å². The third-order valence-corrected chi connectivity index (χ3v) is 0.354.